The van der Waals surface area contributed by atoms with Crippen LogP contribution < -0.4 is 10.6 Å². The minimum atomic E-state index is -0.787. The van der Waals surface area contributed by atoms with Crippen LogP contribution in [0.5, 0.6) is 0 Å². The summed E-state index contributed by atoms with van der Waals surface area (Å²) in [6.07, 6.45) is 4.29. The fraction of sp³-hybridized carbons (Fsp3) is 0.375. The molecule has 2 N–H and O–H groups in total. The van der Waals surface area contributed by atoms with Crippen molar-refractivity contribution in [2.75, 3.05) is 11.1 Å². The number of hydrogen-bond donors (Lipinski definition) is 2. The summed E-state index contributed by atoms with van der Waals surface area (Å²) in [7, 11) is 0. The number of nitrogens with zero attached hydrogens (tertiary/aromatic N) is 3. The molecule has 170 valence electrons. The van der Waals surface area contributed by atoms with Crippen LogP contribution in [0.15, 0.2) is 39.9 Å². The minimum absolute atomic E-state index is 0.0552. The number of carbonyl (C=O) groups is 2. The molecule has 0 spiro atoms. The number of nitrogens with one attached hydrogen (secondary N) is 2. The minimum Gasteiger partial charge on any atom is -0.443 e. The first-order valence-corrected chi connectivity index (χ1v) is 11.9. The monoisotopic (exact) mass is 463 g/mol. The summed E-state index contributed by atoms with van der Waals surface area (Å²) < 4.78 is 5.77. The predicted molar refractivity (Wildman–Crippen MR) is 126 cm³/mol. The molecule has 0 atom stereocenters. The van der Waals surface area contributed by atoms with Crippen LogP contribution in [-0.2, 0) is 4.79 Å². The van der Waals surface area contributed by atoms with E-state index in [0.717, 1.165) is 36.6 Å². The van der Waals surface area contributed by atoms with E-state index in [2.05, 4.69) is 26.7 Å². The molecule has 0 saturated heterocycles. The Morgan fingerprint density at radius 1 is 1.15 bits per heavy atom. The van der Waals surface area contributed by atoms with E-state index < -0.39 is 5.54 Å². The van der Waals surface area contributed by atoms with Crippen molar-refractivity contribution < 1.29 is 14.0 Å². The van der Waals surface area contributed by atoms with Gasteiger partial charge in [-0.3, -0.25) is 9.59 Å². The zero-order valence-corrected chi connectivity index (χ0v) is 19.4. The van der Waals surface area contributed by atoms with Gasteiger partial charge in [0.1, 0.15) is 17.1 Å². The molecule has 3 aromatic rings. The molecule has 2 amide bonds. The molecule has 1 fully saturated rings. The topological polar surface area (TPSA) is 121 Å². The maximum Gasteiger partial charge on any atom is 0.256 e. The van der Waals surface area contributed by atoms with Crippen LogP contribution in [0.4, 0.5) is 5.82 Å². The van der Waals surface area contributed by atoms with Crippen LogP contribution in [0, 0.1) is 25.2 Å². The van der Waals surface area contributed by atoms with E-state index in [1.165, 1.54) is 0 Å². The zero-order chi connectivity index (χ0) is 23.4. The van der Waals surface area contributed by atoms with E-state index >= 15 is 0 Å². The van der Waals surface area contributed by atoms with E-state index in [9.17, 15) is 14.9 Å². The third-order valence-corrected chi connectivity index (χ3v) is 6.76. The van der Waals surface area contributed by atoms with Crippen LogP contribution in [0.25, 0.3) is 11.1 Å². The lowest BCUT2D eigenvalue weighted by molar-refractivity contribution is -0.120. The van der Waals surface area contributed by atoms with Gasteiger partial charge in [-0.05, 0) is 38.8 Å². The Bertz CT molecular complexity index is 1230. The predicted octanol–water partition coefficient (Wildman–Crippen LogP) is 4.53. The van der Waals surface area contributed by atoms with Gasteiger partial charge >= 0.3 is 0 Å². The van der Waals surface area contributed by atoms with Crippen LogP contribution in [-0.4, -0.2) is 33.1 Å². The van der Waals surface area contributed by atoms with Crippen molar-refractivity contribution in [3.8, 4) is 6.07 Å². The number of anilines is 1. The molecular weight excluding hydrogens is 438 g/mol. The average Bonchev–Trinajstić information content (AvgIpc) is 3.12. The third-order valence-electron chi connectivity index (χ3n) is 5.91. The Balaban J connectivity index is 1.54. The first kappa shape index (κ1) is 22.8. The molecule has 4 rings (SSSR count). The van der Waals surface area contributed by atoms with Crippen molar-refractivity contribution in [3.05, 3.63) is 47.2 Å². The Morgan fingerprint density at radius 3 is 2.58 bits per heavy atom. The van der Waals surface area contributed by atoms with E-state index in [0.29, 0.717) is 46.2 Å². The fourth-order valence-corrected chi connectivity index (χ4v) is 4.64. The highest BCUT2D eigenvalue weighted by molar-refractivity contribution is 7.99. The van der Waals surface area contributed by atoms with Gasteiger partial charge in [0.25, 0.3) is 5.91 Å². The number of aryl methyl sites for hydroxylation is 2. The summed E-state index contributed by atoms with van der Waals surface area (Å²) in [5.74, 6) is 0.541. The van der Waals surface area contributed by atoms with E-state index in [4.69, 9.17) is 4.42 Å². The quantitative estimate of drug-likeness (QED) is 0.407. The smallest absolute Gasteiger partial charge is 0.256 e. The molecule has 9 heteroatoms. The SMILES string of the molecule is Cc1oc2nc(SCC(=O)NC3(C#N)CCCCC3)nc(NC(=O)c3ccccc3)c2c1C. The van der Waals surface area contributed by atoms with Gasteiger partial charge in [-0.25, -0.2) is 4.98 Å². The Morgan fingerprint density at radius 2 is 1.88 bits per heavy atom. The van der Waals surface area contributed by atoms with Gasteiger partial charge in [0.05, 0.1) is 17.2 Å². The molecule has 1 aliphatic rings. The highest BCUT2D eigenvalue weighted by Crippen LogP contribution is 2.32. The van der Waals surface area contributed by atoms with Gasteiger partial charge < -0.3 is 15.1 Å². The summed E-state index contributed by atoms with van der Waals surface area (Å²) in [5, 5.41) is 16.3. The van der Waals surface area contributed by atoms with Gasteiger partial charge in [-0.2, -0.15) is 10.2 Å². The van der Waals surface area contributed by atoms with E-state index in [1.807, 2.05) is 19.9 Å². The lowest BCUT2D eigenvalue weighted by Crippen LogP contribution is -2.49. The molecule has 1 aromatic carbocycles. The molecule has 1 saturated carbocycles. The molecule has 33 heavy (non-hydrogen) atoms. The number of fused-ring (bicyclic) bond motifs is 1. The highest BCUT2D eigenvalue weighted by atomic mass is 32.2. The highest BCUT2D eigenvalue weighted by Gasteiger charge is 2.33. The fourth-order valence-electron chi connectivity index (χ4n) is 4.01. The number of benzene rings is 1. The first-order chi connectivity index (χ1) is 15.9. The summed E-state index contributed by atoms with van der Waals surface area (Å²) in [5.41, 5.74) is 0.915. The van der Waals surface area contributed by atoms with E-state index in [1.54, 1.807) is 24.3 Å². The summed E-state index contributed by atoms with van der Waals surface area (Å²) in [6, 6.07) is 11.1. The second-order valence-electron chi connectivity index (χ2n) is 8.23. The van der Waals surface area contributed by atoms with Gasteiger partial charge in [-0.15, -0.1) is 0 Å². The Labute approximate surface area is 196 Å². The molecule has 8 nitrogen and oxygen atoms in total. The molecule has 2 aromatic heterocycles. The van der Waals surface area contributed by atoms with Crippen molar-refractivity contribution in [2.45, 2.75) is 56.6 Å². The number of rotatable bonds is 6. The largest absolute Gasteiger partial charge is 0.443 e. The van der Waals surface area contributed by atoms with Crippen molar-refractivity contribution in [2.24, 2.45) is 0 Å². The van der Waals surface area contributed by atoms with Crippen molar-refractivity contribution in [1.29, 1.82) is 5.26 Å². The van der Waals surface area contributed by atoms with Gasteiger partial charge in [0.2, 0.25) is 11.6 Å². The average molecular weight is 464 g/mol. The zero-order valence-electron chi connectivity index (χ0n) is 18.6. The second-order valence-corrected chi connectivity index (χ2v) is 9.17. The van der Waals surface area contributed by atoms with Crippen LogP contribution in [0.2, 0.25) is 0 Å². The molecule has 0 bridgehead atoms. The molecule has 0 aliphatic heterocycles. The number of aromatic nitrogens is 2. The number of carbonyl (C=O) groups excluding carboxylic acids is 2. The van der Waals surface area contributed by atoms with Crippen molar-refractivity contribution in [3.63, 3.8) is 0 Å². The Hall–Kier alpha value is -3.38. The summed E-state index contributed by atoms with van der Waals surface area (Å²) in [6.45, 7) is 3.71. The standard InChI is InChI=1S/C24H25N5O3S/c1-15-16(2)32-22-19(15)20(26-21(31)17-9-5-3-6-10-17)27-23(28-22)33-13-18(30)29-24(14-25)11-7-4-8-12-24/h3,5-6,9-10H,4,7-8,11-13H2,1-2H3,(H,29,30)(H,26,27,28,31). The van der Waals surface area contributed by atoms with Crippen LogP contribution >= 0.6 is 11.8 Å². The van der Waals surface area contributed by atoms with Crippen molar-refractivity contribution >= 4 is 40.5 Å². The lowest BCUT2D eigenvalue weighted by Gasteiger charge is -2.31. The molecule has 0 unspecified atom stereocenters. The molecule has 0 radical (unpaired) electrons. The van der Waals surface area contributed by atoms with Crippen LogP contribution in [0.1, 0.15) is 53.8 Å². The second kappa shape index (κ2) is 9.63. The summed E-state index contributed by atoms with van der Waals surface area (Å²) >= 11 is 1.14. The first-order valence-electron chi connectivity index (χ1n) is 10.9. The number of amides is 2. The van der Waals surface area contributed by atoms with Gasteiger partial charge in [0.15, 0.2) is 5.16 Å². The molecule has 2 heterocycles. The van der Waals surface area contributed by atoms with Gasteiger partial charge in [0, 0.05) is 11.1 Å². The maximum atomic E-state index is 12.7. The lowest BCUT2D eigenvalue weighted by atomic mass is 9.83. The number of furan rings is 1. The molecular formula is C24H25N5O3S. The number of thioether (sulfide) groups is 1. The molecule has 1 aliphatic carbocycles. The maximum absolute atomic E-state index is 12.7. The van der Waals surface area contributed by atoms with Crippen LogP contribution in [0.3, 0.4) is 0 Å². The Kier molecular flexibility index (Phi) is 6.65. The summed E-state index contributed by atoms with van der Waals surface area (Å²) in [4.78, 5) is 34.3. The number of hydrogen-bond acceptors (Lipinski definition) is 7. The number of nitriles is 1. The van der Waals surface area contributed by atoms with E-state index in [-0.39, 0.29) is 17.6 Å². The van der Waals surface area contributed by atoms with Crippen molar-refractivity contribution in [1.82, 2.24) is 15.3 Å². The van der Waals surface area contributed by atoms with Gasteiger partial charge in [-0.1, -0.05) is 49.2 Å². The third kappa shape index (κ3) is 5.01. The normalized spacial score (nSPS) is 15.1.